The molecule has 98 valence electrons. The van der Waals surface area contributed by atoms with Gasteiger partial charge in [-0.15, -0.1) is 0 Å². The van der Waals surface area contributed by atoms with Crippen molar-refractivity contribution in [1.29, 1.82) is 5.26 Å². The lowest BCUT2D eigenvalue weighted by Crippen LogP contribution is -2.46. The zero-order valence-electron chi connectivity index (χ0n) is 11.2. The molecule has 4 nitrogen and oxygen atoms in total. The molecule has 0 saturated carbocycles. The van der Waals surface area contributed by atoms with Crippen molar-refractivity contribution in [3.8, 4) is 17.6 Å². The molecule has 0 radical (unpaired) electrons. The van der Waals surface area contributed by atoms with Gasteiger partial charge in [0.15, 0.2) is 0 Å². The van der Waals surface area contributed by atoms with Crippen molar-refractivity contribution in [2.24, 2.45) is 0 Å². The number of nitrogens with one attached hydrogen (secondary N) is 1. The molecule has 1 N–H and O–H groups in total. The molecule has 1 rings (SSSR count). The summed E-state index contributed by atoms with van der Waals surface area (Å²) in [5.74, 6) is 1.55. The Labute approximate surface area is 109 Å². The maximum Gasteiger partial charge on any atom is 0.138 e. The first-order valence-electron chi connectivity index (χ1n) is 6.15. The predicted octanol–water partition coefficient (Wildman–Crippen LogP) is 2.36. The molecule has 1 unspecified atom stereocenters. The minimum absolute atomic E-state index is 0.311. The van der Waals surface area contributed by atoms with Crippen molar-refractivity contribution in [3.05, 3.63) is 24.3 Å². The molecule has 0 spiro atoms. The average Bonchev–Trinajstić information content (AvgIpc) is 2.39. The van der Waals surface area contributed by atoms with E-state index in [2.05, 4.69) is 11.4 Å². The second-order valence-corrected chi connectivity index (χ2v) is 4.17. The Morgan fingerprint density at radius 2 is 1.72 bits per heavy atom. The van der Waals surface area contributed by atoms with Crippen molar-refractivity contribution >= 4 is 0 Å². The topological polar surface area (TPSA) is 54.3 Å². The monoisotopic (exact) mass is 248 g/mol. The van der Waals surface area contributed by atoms with Crippen LogP contribution in [0.2, 0.25) is 0 Å². The molecule has 0 bridgehead atoms. The van der Waals surface area contributed by atoms with E-state index >= 15 is 0 Å². The Balaban J connectivity index is 2.55. The third kappa shape index (κ3) is 4.27. The molecule has 0 heterocycles. The fourth-order valence-electron chi connectivity index (χ4n) is 1.54. The lowest BCUT2D eigenvalue weighted by molar-refractivity contribution is 0.236. The molecule has 1 aromatic carbocycles. The van der Waals surface area contributed by atoms with Gasteiger partial charge < -0.3 is 9.47 Å². The van der Waals surface area contributed by atoms with Crippen molar-refractivity contribution in [2.75, 3.05) is 19.8 Å². The molecule has 0 aliphatic carbocycles. The molecule has 0 aliphatic heterocycles. The van der Waals surface area contributed by atoms with E-state index in [1.165, 1.54) is 0 Å². The maximum absolute atomic E-state index is 9.10. The molecule has 0 saturated heterocycles. The van der Waals surface area contributed by atoms with Crippen LogP contribution in [0.3, 0.4) is 0 Å². The van der Waals surface area contributed by atoms with E-state index in [1.54, 1.807) is 0 Å². The number of ether oxygens (including phenoxy) is 2. The van der Waals surface area contributed by atoms with E-state index in [0.29, 0.717) is 13.2 Å². The van der Waals surface area contributed by atoms with Crippen LogP contribution in [0.1, 0.15) is 20.8 Å². The number of likely N-dealkylation sites (N-methyl/N-ethyl adjacent to an activating group) is 1. The first-order chi connectivity index (χ1) is 8.63. The number of rotatable bonds is 7. The van der Waals surface area contributed by atoms with E-state index in [4.69, 9.17) is 14.7 Å². The normalized spacial score (nSPS) is 13.4. The summed E-state index contributed by atoms with van der Waals surface area (Å²) in [6.07, 6.45) is 0. The number of benzene rings is 1. The van der Waals surface area contributed by atoms with Gasteiger partial charge in [0, 0.05) is 0 Å². The van der Waals surface area contributed by atoms with E-state index in [1.807, 2.05) is 45.0 Å². The van der Waals surface area contributed by atoms with E-state index in [9.17, 15) is 0 Å². The molecule has 4 heteroatoms. The molecule has 0 aromatic heterocycles. The lowest BCUT2D eigenvalue weighted by atomic mass is 10.1. The van der Waals surface area contributed by atoms with Gasteiger partial charge in [-0.3, -0.25) is 5.32 Å². The van der Waals surface area contributed by atoms with Crippen LogP contribution in [0.25, 0.3) is 0 Å². The number of hydrogen-bond donors (Lipinski definition) is 1. The van der Waals surface area contributed by atoms with E-state index < -0.39 is 5.54 Å². The summed E-state index contributed by atoms with van der Waals surface area (Å²) in [4.78, 5) is 0. The van der Waals surface area contributed by atoms with Crippen LogP contribution in [0.15, 0.2) is 24.3 Å². The third-order valence-corrected chi connectivity index (χ3v) is 2.48. The molecule has 0 aliphatic rings. The largest absolute Gasteiger partial charge is 0.494 e. The Bertz CT molecular complexity index is 397. The van der Waals surface area contributed by atoms with Crippen LogP contribution in [-0.2, 0) is 0 Å². The summed E-state index contributed by atoms with van der Waals surface area (Å²) in [5, 5.41) is 12.2. The van der Waals surface area contributed by atoms with Gasteiger partial charge >= 0.3 is 0 Å². The number of nitriles is 1. The van der Waals surface area contributed by atoms with Crippen LogP contribution in [0, 0.1) is 11.3 Å². The molecule has 1 aromatic rings. The third-order valence-electron chi connectivity index (χ3n) is 2.48. The van der Waals surface area contributed by atoms with Crippen molar-refractivity contribution in [2.45, 2.75) is 26.3 Å². The Kier molecular flexibility index (Phi) is 5.47. The van der Waals surface area contributed by atoms with Crippen molar-refractivity contribution in [1.82, 2.24) is 5.32 Å². The van der Waals surface area contributed by atoms with Gasteiger partial charge in [-0.25, -0.2) is 0 Å². The van der Waals surface area contributed by atoms with Gasteiger partial charge in [-0.05, 0) is 44.7 Å². The Hall–Kier alpha value is -1.73. The van der Waals surface area contributed by atoms with Gasteiger partial charge in [0.1, 0.15) is 23.6 Å². The van der Waals surface area contributed by atoms with Crippen LogP contribution in [-0.4, -0.2) is 25.3 Å². The molecular formula is C14H20N2O2. The number of hydrogen-bond acceptors (Lipinski definition) is 4. The van der Waals surface area contributed by atoms with Gasteiger partial charge in [0.2, 0.25) is 0 Å². The van der Waals surface area contributed by atoms with Crippen LogP contribution >= 0.6 is 0 Å². The standard InChI is InChI=1S/C14H20N2O2/c1-4-16-14(3,10-15)11-18-13-8-6-12(7-9-13)17-5-2/h6-9,16H,4-5,11H2,1-3H3. The summed E-state index contributed by atoms with van der Waals surface area (Å²) in [6.45, 7) is 7.42. The zero-order valence-corrected chi connectivity index (χ0v) is 11.2. The molecular weight excluding hydrogens is 228 g/mol. The summed E-state index contributed by atoms with van der Waals surface area (Å²) in [5.41, 5.74) is -0.659. The second-order valence-electron chi connectivity index (χ2n) is 4.17. The van der Waals surface area contributed by atoms with Crippen molar-refractivity contribution < 1.29 is 9.47 Å². The van der Waals surface area contributed by atoms with Crippen LogP contribution in [0.4, 0.5) is 0 Å². The molecule has 0 amide bonds. The zero-order chi connectivity index (χ0) is 13.4. The van der Waals surface area contributed by atoms with Gasteiger partial charge in [0.05, 0.1) is 12.7 Å². The first kappa shape index (κ1) is 14.3. The summed E-state index contributed by atoms with van der Waals surface area (Å²) < 4.78 is 11.0. The molecule has 0 fully saturated rings. The minimum atomic E-state index is -0.659. The minimum Gasteiger partial charge on any atom is -0.494 e. The fourth-order valence-corrected chi connectivity index (χ4v) is 1.54. The lowest BCUT2D eigenvalue weighted by Gasteiger charge is -2.22. The highest BCUT2D eigenvalue weighted by atomic mass is 16.5. The molecule has 18 heavy (non-hydrogen) atoms. The summed E-state index contributed by atoms with van der Waals surface area (Å²) >= 11 is 0. The molecule has 1 atom stereocenters. The Morgan fingerprint density at radius 1 is 1.17 bits per heavy atom. The van der Waals surface area contributed by atoms with Gasteiger partial charge in [-0.2, -0.15) is 5.26 Å². The van der Waals surface area contributed by atoms with E-state index in [0.717, 1.165) is 18.0 Å². The highest BCUT2D eigenvalue weighted by molar-refractivity contribution is 5.31. The second kappa shape index (κ2) is 6.87. The smallest absolute Gasteiger partial charge is 0.138 e. The maximum atomic E-state index is 9.10. The van der Waals surface area contributed by atoms with Crippen LogP contribution < -0.4 is 14.8 Å². The summed E-state index contributed by atoms with van der Waals surface area (Å²) in [7, 11) is 0. The van der Waals surface area contributed by atoms with Gasteiger partial charge in [-0.1, -0.05) is 6.92 Å². The highest BCUT2D eigenvalue weighted by Gasteiger charge is 2.23. The predicted molar refractivity (Wildman–Crippen MR) is 70.8 cm³/mol. The SMILES string of the molecule is CCNC(C)(C#N)COc1ccc(OCC)cc1. The summed E-state index contributed by atoms with van der Waals surface area (Å²) in [6, 6.07) is 9.62. The fraction of sp³-hybridized carbons (Fsp3) is 0.500. The first-order valence-corrected chi connectivity index (χ1v) is 6.15. The van der Waals surface area contributed by atoms with Gasteiger partial charge in [0.25, 0.3) is 0 Å². The van der Waals surface area contributed by atoms with Crippen molar-refractivity contribution in [3.63, 3.8) is 0 Å². The highest BCUT2D eigenvalue weighted by Crippen LogP contribution is 2.18. The quantitative estimate of drug-likeness (QED) is 0.804. The van der Waals surface area contributed by atoms with E-state index in [-0.39, 0.29) is 0 Å². The Morgan fingerprint density at radius 3 is 2.17 bits per heavy atom. The average molecular weight is 248 g/mol. The number of nitrogens with zero attached hydrogens (tertiary/aromatic N) is 1. The van der Waals surface area contributed by atoms with Crippen LogP contribution in [0.5, 0.6) is 11.5 Å².